The second-order valence-corrected chi connectivity index (χ2v) is 25.5. The zero-order valence-corrected chi connectivity index (χ0v) is 43.0. The average molecular weight is 1100 g/mol. The van der Waals surface area contributed by atoms with E-state index in [0.29, 0.717) is 12.8 Å². The highest BCUT2D eigenvalue weighted by molar-refractivity contribution is 9.10. The van der Waals surface area contributed by atoms with E-state index in [0.717, 1.165) is 42.3 Å². The molecule has 6 atom stereocenters. The highest BCUT2D eigenvalue weighted by atomic mass is 79.9. The van der Waals surface area contributed by atoms with Crippen molar-refractivity contribution in [1.29, 1.82) is 0 Å². The number of sulfonamides is 4. The summed E-state index contributed by atoms with van der Waals surface area (Å²) in [5, 5.41) is 0. The fourth-order valence-electron chi connectivity index (χ4n) is 7.46. The normalized spacial score (nSPS) is 19.2. The average Bonchev–Trinajstić information content (AvgIpc) is 4.21. The third-order valence-electron chi connectivity index (χ3n) is 11.5. The van der Waals surface area contributed by atoms with Gasteiger partial charge in [-0.3, -0.25) is 0 Å². The summed E-state index contributed by atoms with van der Waals surface area (Å²) in [6.45, 7) is 8.06. The van der Waals surface area contributed by atoms with E-state index in [-0.39, 0.29) is 32.7 Å². The van der Waals surface area contributed by atoms with Gasteiger partial charge in [0.05, 0.1) is 31.7 Å². The molecular weight excluding hydrogens is 1050 g/mol. The first-order valence-electron chi connectivity index (χ1n) is 21.0. The first-order chi connectivity index (χ1) is 31.2. The lowest BCUT2D eigenvalue weighted by molar-refractivity contribution is 0.499. The van der Waals surface area contributed by atoms with Crippen molar-refractivity contribution in [2.24, 2.45) is 0 Å². The number of rotatable bonds is 16. The van der Waals surface area contributed by atoms with E-state index in [1.807, 2.05) is 76.2 Å². The first-order valence-corrected chi connectivity index (χ1v) is 28.4. The quantitative estimate of drug-likeness (QED) is 0.0919. The molecule has 0 aromatic heterocycles. The predicted octanol–water partition coefficient (Wildman–Crippen LogP) is 8.06. The zero-order chi connectivity index (χ0) is 47.6. The van der Waals surface area contributed by atoms with Gasteiger partial charge in [0, 0.05) is 34.1 Å². The Hall–Kier alpha value is -4.08. The number of hydrogen-bond acceptors (Lipinski definition) is 8. The second-order valence-electron chi connectivity index (χ2n) is 16.6. The van der Waals surface area contributed by atoms with Crippen molar-refractivity contribution >= 4 is 72.0 Å². The van der Waals surface area contributed by atoms with Gasteiger partial charge in [-0.1, -0.05) is 139 Å². The molecule has 2 saturated heterocycles. The summed E-state index contributed by atoms with van der Waals surface area (Å²) < 4.78 is 115. The molecule has 2 unspecified atom stereocenters. The van der Waals surface area contributed by atoms with Gasteiger partial charge in [-0.25, -0.2) is 43.1 Å². The molecular formula is C48H50Br2N4O8S4. The summed E-state index contributed by atoms with van der Waals surface area (Å²) in [7, 11) is -15.1. The Labute approximate surface area is 405 Å². The van der Waals surface area contributed by atoms with E-state index in [4.69, 9.17) is 0 Å². The zero-order valence-electron chi connectivity index (χ0n) is 36.5. The molecule has 8 rings (SSSR count). The van der Waals surface area contributed by atoms with Crippen molar-refractivity contribution in [3.05, 3.63) is 188 Å². The number of aryl methyl sites for hydroxylation is 4. The standard InChI is InChI=1S/2C24H25BrN2O4S2/c2*1-17-7-11-20(12-8-17)32(28,29)26-23(15-19-5-3-4-6-22(19)25)24-16-27(24)33(30,31)21-13-9-18(2)10-14-21/h2*3-14,23-24,26H,15-16H2,1-2H3/t2*23-,24-,27?/m11/s1. The number of nitrogens with zero attached hydrogens (tertiary/aromatic N) is 2. The second kappa shape index (κ2) is 20.3. The van der Waals surface area contributed by atoms with Crippen LogP contribution in [-0.4, -0.2) is 79.5 Å². The molecule has 348 valence electrons. The molecule has 6 aromatic rings. The van der Waals surface area contributed by atoms with E-state index in [1.54, 1.807) is 97.1 Å². The Morgan fingerprint density at radius 1 is 0.439 bits per heavy atom. The smallest absolute Gasteiger partial charge is 0.207 e. The van der Waals surface area contributed by atoms with E-state index in [9.17, 15) is 33.7 Å². The van der Waals surface area contributed by atoms with Crippen LogP contribution < -0.4 is 9.44 Å². The topological polar surface area (TPSA) is 167 Å². The lowest BCUT2D eigenvalue weighted by Gasteiger charge is -2.20. The maximum Gasteiger partial charge on any atom is 0.243 e. The minimum absolute atomic E-state index is 0.152. The van der Waals surface area contributed by atoms with E-state index in [1.165, 1.54) is 8.61 Å². The number of nitrogens with one attached hydrogen (secondary N) is 2. The Balaban J connectivity index is 0.000000196. The van der Waals surface area contributed by atoms with Crippen LogP contribution in [0.3, 0.4) is 0 Å². The van der Waals surface area contributed by atoms with Gasteiger partial charge in [-0.2, -0.15) is 8.61 Å². The van der Waals surface area contributed by atoms with E-state index >= 15 is 0 Å². The molecule has 0 bridgehead atoms. The molecule has 2 fully saturated rings. The number of hydrogen-bond donors (Lipinski definition) is 2. The van der Waals surface area contributed by atoms with Crippen LogP contribution in [0.25, 0.3) is 0 Å². The Bertz CT molecular complexity index is 2930. The Morgan fingerprint density at radius 2 is 0.712 bits per heavy atom. The fourth-order valence-corrected chi connectivity index (χ4v) is 14.1. The largest absolute Gasteiger partial charge is 0.243 e. The molecule has 2 heterocycles. The van der Waals surface area contributed by atoms with Crippen molar-refractivity contribution in [2.45, 2.75) is 84.3 Å². The molecule has 12 nitrogen and oxygen atoms in total. The van der Waals surface area contributed by atoms with Gasteiger partial charge in [0.15, 0.2) is 0 Å². The third-order valence-corrected chi connectivity index (χ3v) is 19.8. The van der Waals surface area contributed by atoms with Crippen LogP contribution in [0.1, 0.15) is 33.4 Å². The highest BCUT2D eigenvalue weighted by Gasteiger charge is 2.51. The lowest BCUT2D eigenvalue weighted by atomic mass is 10.0. The summed E-state index contributed by atoms with van der Waals surface area (Å²) in [4.78, 5) is 0.714. The number of benzene rings is 6. The summed E-state index contributed by atoms with van der Waals surface area (Å²) >= 11 is 7.03. The molecule has 18 heteroatoms. The van der Waals surface area contributed by atoms with E-state index < -0.39 is 64.3 Å². The number of halogens is 2. The summed E-state index contributed by atoms with van der Waals surface area (Å²) in [6, 6.07) is 39.4. The van der Waals surface area contributed by atoms with Crippen molar-refractivity contribution in [1.82, 2.24) is 18.1 Å². The van der Waals surface area contributed by atoms with Crippen molar-refractivity contribution in [3.63, 3.8) is 0 Å². The molecule has 0 saturated carbocycles. The summed E-state index contributed by atoms with van der Waals surface area (Å²) in [5.41, 5.74) is 5.64. The van der Waals surface area contributed by atoms with E-state index in [2.05, 4.69) is 41.3 Å². The summed E-state index contributed by atoms with van der Waals surface area (Å²) in [5.74, 6) is 0. The minimum atomic E-state index is -3.84. The molecule has 2 aliphatic rings. The fraction of sp³-hybridized carbons (Fsp3) is 0.250. The molecule has 2 N–H and O–H groups in total. The van der Waals surface area contributed by atoms with Gasteiger partial charge < -0.3 is 0 Å². The van der Waals surface area contributed by atoms with Gasteiger partial charge in [0.2, 0.25) is 40.1 Å². The van der Waals surface area contributed by atoms with Gasteiger partial charge in [0.25, 0.3) is 0 Å². The van der Waals surface area contributed by atoms with Crippen LogP contribution >= 0.6 is 31.9 Å². The SMILES string of the molecule is Cc1ccc(S(=O)(=O)N[C@H](Cc2ccccc2Br)[C@H]2CN2S(=O)(=O)c2ccc(C)cc2)cc1.Cc1ccc(S(=O)(=O)N[C@H](Cc2ccccc2Br)[C@H]2CN2S(=O)(=O)c2ccc(C)cc2)cc1. The third kappa shape index (κ3) is 12.0. The Morgan fingerprint density at radius 3 is 1.00 bits per heavy atom. The highest BCUT2D eigenvalue weighted by Crippen LogP contribution is 2.35. The van der Waals surface area contributed by atoms with Crippen LogP contribution in [0, 0.1) is 27.7 Å². The molecule has 6 aromatic carbocycles. The first kappa shape index (κ1) is 49.8. The van der Waals surface area contributed by atoms with Gasteiger partial charge in [-0.05, 0) is 112 Å². The van der Waals surface area contributed by atoms with Crippen LogP contribution in [0.4, 0.5) is 0 Å². The Kier molecular flexibility index (Phi) is 15.3. The van der Waals surface area contributed by atoms with Gasteiger partial charge >= 0.3 is 0 Å². The van der Waals surface area contributed by atoms with Crippen LogP contribution in [0.2, 0.25) is 0 Å². The lowest BCUT2D eigenvalue weighted by Crippen LogP contribution is -2.42. The predicted molar refractivity (Wildman–Crippen MR) is 264 cm³/mol. The van der Waals surface area contributed by atoms with Crippen molar-refractivity contribution < 1.29 is 33.7 Å². The molecule has 0 aliphatic carbocycles. The van der Waals surface area contributed by atoms with Gasteiger partial charge in [0.1, 0.15) is 0 Å². The molecule has 0 spiro atoms. The maximum absolute atomic E-state index is 13.2. The van der Waals surface area contributed by atoms with Crippen LogP contribution in [0.15, 0.2) is 174 Å². The minimum Gasteiger partial charge on any atom is -0.207 e. The molecule has 0 amide bonds. The maximum atomic E-state index is 13.2. The molecule has 66 heavy (non-hydrogen) atoms. The molecule has 2 aliphatic heterocycles. The monoisotopic (exact) mass is 1100 g/mol. The van der Waals surface area contributed by atoms with Crippen LogP contribution in [-0.2, 0) is 52.9 Å². The van der Waals surface area contributed by atoms with Crippen molar-refractivity contribution in [2.75, 3.05) is 13.1 Å². The van der Waals surface area contributed by atoms with Crippen LogP contribution in [0.5, 0.6) is 0 Å². The van der Waals surface area contributed by atoms with Gasteiger partial charge in [-0.15, -0.1) is 0 Å². The van der Waals surface area contributed by atoms with Crippen molar-refractivity contribution in [3.8, 4) is 0 Å². The molecule has 0 radical (unpaired) electrons. The summed E-state index contributed by atoms with van der Waals surface area (Å²) in [6.07, 6.45) is 0.689.